The van der Waals surface area contributed by atoms with Gasteiger partial charge < -0.3 is 10.6 Å². The molecule has 0 fully saturated rings. The number of nitrogens with one attached hydrogen (secondary N) is 2. The molecule has 1 aromatic carbocycles. The van der Waals surface area contributed by atoms with Crippen molar-refractivity contribution < 1.29 is 9.59 Å². The lowest BCUT2D eigenvalue weighted by molar-refractivity contribution is -0.114. The molecular weight excluding hydrogens is 386 g/mol. The summed E-state index contributed by atoms with van der Waals surface area (Å²) in [6.45, 7) is 1.47. The molecule has 0 bridgehead atoms. The lowest BCUT2D eigenvalue weighted by Crippen LogP contribution is -2.13. The summed E-state index contributed by atoms with van der Waals surface area (Å²) in [4.78, 5) is 28.8. The molecule has 0 aliphatic carbocycles. The van der Waals surface area contributed by atoms with Crippen LogP contribution < -0.4 is 10.6 Å². The fourth-order valence-corrected chi connectivity index (χ4v) is 4.59. The van der Waals surface area contributed by atoms with Crippen LogP contribution in [-0.4, -0.2) is 22.6 Å². The quantitative estimate of drug-likeness (QED) is 0.600. The minimum atomic E-state index is -0.103. The highest BCUT2D eigenvalue weighted by atomic mass is 32.2. The second kappa shape index (κ2) is 8.98. The number of benzene rings is 1. The van der Waals surface area contributed by atoms with Crippen molar-refractivity contribution in [2.75, 3.05) is 16.4 Å². The Bertz CT molecular complexity index is 873. The van der Waals surface area contributed by atoms with Crippen molar-refractivity contribution in [3.05, 3.63) is 52.0 Å². The van der Waals surface area contributed by atoms with Crippen molar-refractivity contribution in [1.29, 1.82) is 0 Å². The van der Waals surface area contributed by atoms with Crippen molar-refractivity contribution in [3.8, 4) is 11.3 Å². The lowest BCUT2D eigenvalue weighted by atomic mass is 10.1. The van der Waals surface area contributed by atoms with Gasteiger partial charge in [-0.2, -0.15) is 0 Å². The number of carbonyl (C=O) groups excluding carboxylic acids is 2. The van der Waals surface area contributed by atoms with Gasteiger partial charge in [-0.25, -0.2) is 4.98 Å². The third-order valence-corrected chi connectivity index (χ3v) is 6.11. The smallest absolute Gasteiger partial charge is 0.236 e. The summed E-state index contributed by atoms with van der Waals surface area (Å²) in [5.41, 5.74) is 2.47. The molecule has 5 nitrogen and oxygen atoms in total. The second-order valence-corrected chi connectivity index (χ2v) is 8.29. The molecule has 0 radical (unpaired) electrons. The molecule has 2 N–H and O–H groups in total. The van der Waals surface area contributed by atoms with E-state index in [9.17, 15) is 9.59 Å². The molecule has 3 aromatic rings. The zero-order valence-corrected chi connectivity index (χ0v) is 16.5. The average Bonchev–Trinajstić information content (AvgIpc) is 3.27. The Morgan fingerprint density at radius 1 is 1.12 bits per heavy atom. The zero-order valence-electron chi connectivity index (χ0n) is 14.0. The van der Waals surface area contributed by atoms with Crippen molar-refractivity contribution >= 4 is 57.1 Å². The number of aromatic nitrogens is 1. The number of thioether (sulfide) groups is 1. The number of hydrogen-bond acceptors (Lipinski definition) is 6. The molecule has 3 rings (SSSR count). The SMILES string of the molecule is CC(=O)Nc1ccc(-c2csc(NC(=O)CSCc3cccs3)n2)cc1. The van der Waals surface area contributed by atoms with Gasteiger partial charge in [0.1, 0.15) is 0 Å². The second-order valence-electron chi connectivity index (χ2n) is 5.42. The topological polar surface area (TPSA) is 71.1 Å². The van der Waals surface area contributed by atoms with Gasteiger partial charge in [-0.05, 0) is 23.6 Å². The molecule has 0 saturated heterocycles. The molecule has 26 heavy (non-hydrogen) atoms. The number of rotatable bonds is 7. The Morgan fingerprint density at radius 2 is 1.92 bits per heavy atom. The standard InChI is InChI=1S/C18H17N3O2S3/c1-12(22)19-14-6-4-13(5-7-14)16-10-26-18(20-16)21-17(23)11-24-9-15-3-2-8-25-15/h2-8,10H,9,11H2,1H3,(H,19,22)(H,20,21,23). The Hall–Kier alpha value is -2.16. The van der Waals surface area contributed by atoms with Crippen LogP contribution in [-0.2, 0) is 15.3 Å². The van der Waals surface area contributed by atoms with Crippen LogP contribution in [0.1, 0.15) is 11.8 Å². The van der Waals surface area contributed by atoms with Crippen LogP contribution in [0.15, 0.2) is 47.2 Å². The van der Waals surface area contributed by atoms with E-state index < -0.39 is 0 Å². The van der Waals surface area contributed by atoms with Gasteiger partial charge in [0.25, 0.3) is 0 Å². The summed E-state index contributed by atoms with van der Waals surface area (Å²) in [6.07, 6.45) is 0. The molecule has 2 aromatic heterocycles. The first-order valence-electron chi connectivity index (χ1n) is 7.83. The largest absolute Gasteiger partial charge is 0.326 e. The molecule has 0 spiro atoms. The van der Waals surface area contributed by atoms with E-state index >= 15 is 0 Å². The maximum Gasteiger partial charge on any atom is 0.236 e. The summed E-state index contributed by atoms with van der Waals surface area (Å²) in [6, 6.07) is 11.5. The molecule has 0 unspecified atom stereocenters. The van der Waals surface area contributed by atoms with Crippen molar-refractivity contribution in [3.63, 3.8) is 0 Å². The maximum atomic E-state index is 12.0. The Morgan fingerprint density at radius 3 is 2.62 bits per heavy atom. The van der Waals surface area contributed by atoms with Crippen LogP contribution in [0.5, 0.6) is 0 Å². The fourth-order valence-electron chi connectivity index (χ4n) is 2.19. The minimum Gasteiger partial charge on any atom is -0.326 e. The van der Waals surface area contributed by atoms with E-state index in [0.717, 1.165) is 22.7 Å². The van der Waals surface area contributed by atoms with Gasteiger partial charge in [-0.15, -0.1) is 34.4 Å². The molecule has 0 atom stereocenters. The number of carbonyl (C=O) groups is 2. The van der Waals surface area contributed by atoms with E-state index in [0.29, 0.717) is 10.9 Å². The van der Waals surface area contributed by atoms with E-state index in [4.69, 9.17) is 0 Å². The first-order chi connectivity index (χ1) is 12.6. The van der Waals surface area contributed by atoms with Crippen LogP contribution in [0.25, 0.3) is 11.3 Å². The highest BCUT2D eigenvalue weighted by Crippen LogP contribution is 2.26. The Kier molecular flexibility index (Phi) is 6.43. The summed E-state index contributed by atoms with van der Waals surface area (Å²) in [7, 11) is 0. The highest BCUT2D eigenvalue weighted by Gasteiger charge is 2.09. The summed E-state index contributed by atoms with van der Waals surface area (Å²) in [5, 5.41) is 10.1. The predicted molar refractivity (Wildman–Crippen MR) is 111 cm³/mol. The van der Waals surface area contributed by atoms with Gasteiger partial charge in [-0.3, -0.25) is 9.59 Å². The monoisotopic (exact) mass is 403 g/mol. The Balaban J connectivity index is 1.52. The van der Waals surface area contributed by atoms with E-state index in [1.807, 2.05) is 41.1 Å². The summed E-state index contributed by atoms with van der Waals surface area (Å²) < 4.78 is 0. The van der Waals surface area contributed by atoms with E-state index in [2.05, 4.69) is 21.7 Å². The van der Waals surface area contributed by atoms with Gasteiger partial charge in [0.05, 0.1) is 11.4 Å². The predicted octanol–water partition coefficient (Wildman–Crippen LogP) is 4.70. The molecule has 0 aliphatic rings. The molecular formula is C18H17N3O2S3. The van der Waals surface area contributed by atoms with Gasteiger partial charge in [0, 0.05) is 34.2 Å². The maximum absolute atomic E-state index is 12.0. The number of hydrogen-bond donors (Lipinski definition) is 2. The van der Waals surface area contributed by atoms with Crippen LogP contribution >= 0.6 is 34.4 Å². The first-order valence-corrected chi connectivity index (χ1v) is 10.7. The minimum absolute atomic E-state index is 0.0477. The molecule has 2 heterocycles. The van der Waals surface area contributed by atoms with Crippen molar-refractivity contribution in [1.82, 2.24) is 4.98 Å². The molecule has 134 valence electrons. The number of anilines is 2. The molecule has 8 heteroatoms. The first kappa shape index (κ1) is 18.6. The van der Waals surface area contributed by atoms with Gasteiger partial charge in [-0.1, -0.05) is 18.2 Å². The third-order valence-electron chi connectivity index (χ3n) is 3.31. The van der Waals surface area contributed by atoms with Crippen molar-refractivity contribution in [2.24, 2.45) is 0 Å². The van der Waals surface area contributed by atoms with Crippen LogP contribution in [0, 0.1) is 0 Å². The third kappa shape index (κ3) is 5.42. The number of thiophene rings is 1. The van der Waals surface area contributed by atoms with E-state index in [1.54, 1.807) is 23.1 Å². The van der Waals surface area contributed by atoms with Gasteiger partial charge >= 0.3 is 0 Å². The van der Waals surface area contributed by atoms with Gasteiger partial charge in [0.15, 0.2) is 5.13 Å². The van der Waals surface area contributed by atoms with Crippen LogP contribution in [0.2, 0.25) is 0 Å². The molecule has 0 aliphatic heterocycles. The molecule has 0 saturated carbocycles. The van der Waals surface area contributed by atoms with E-state index in [1.165, 1.54) is 23.1 Å². The summed E-state index contributed by atoms with van der Waals surface area (Å²) in [5.74, 6) is 1.09. The zero-order chi connectivity index (χ0) is 18.4. The number of amides is 2. The van der Waals surface area contributed by atoms with Crippen molar-refractivity contribution in [2.45, 2.75) is 12.7 Å². The highest BCUT2D eigenvalue weighted by molar-refractivity contribution is 7.99. The average molecular weight is 404 g/mol. The fraction of sp³-hybridized carbons (Fsp3) is 0.167. The molecule has 2 amide bonds. The lowest BCUT2D eigenvalue weighted by Gasteiger charge is -2.03. The Labute approximate surface area is 163 Å². The van der Waals surface area contributed by atoms with E-state index in [-0.39, 0.29) is 11.8 Å². The number of thiazole rings is 1. The summed E-state index contributed by atoms with van der Waals surface area (Å²) >= 11 is 4.69. The normalized spacial score (nSPS) is 10.5. The van der Waals surface area contributed by atoms with Gasteiger partial charge in [0.2, 0.25) is 11.8 Å². The number of nitrogens with zero attached hydrogens (tertiary/aromatic N) is 1. The van der Waals surface area contributed by atoms with Crippen LogP contribution in [0.4, 0.5) is 10.8 Å². The van der Waals surface area contributed by atoms with Crippen LogP contribution in [0.3, 0.4) is 0 Å².